The van der Waals surface area contributed by atoms with Gasteiger partial charge in [-0.05, 0) is 79.4 Å². The Kier molecular flexibility index (Phi) is 5.95. The fraction of sp³-hybridized carbons (Fsp3) is 0.208. The summed E-state index contributed by atoms with van der Waals surface area (Å²) >= 11 is 0. The van der Waals surface area contributed by atoms with Crippen LogP contribution in [0.2, 0.25) is 0 Å². The van der Waals surface area contributed by atoms with Crippen LogP contribution in [-0.4, -0.2) is 20.2 Å². The van der Waals surface area contributed by atoms with Gasteiger partial charge in [0.05, 0.1) is 0 Å². The normalized spacial score (nSPS) is 11.1. The van der Waals surface area contributed by atoms with Crippen LogP contribution in [0.3, 0.4) is 0 Å². The van der Waals surface area contributed by atoms with E-state index in [4.69, 9.17) is 4.74 Å². The van der Waals surface area contributed by atoms with E-state index in [1.165, 1.54) is 12.1 Å². The molecule has 2 aromatic heterocycles. The molecular formula is C24H21F2N3O4. The third-order valence-corrected chi connectivity index (χ3v) is 5.39. The molecule has 7 nitrogen and oxygen atoms in total. The van der Waals surface area contributed by atoms with Gasteiger partial charge in [-0.2, -0.15) is 0 Å². The molecule has 4 rings (SSSR count). The van der Waals surface area contributed by atoms with Crippen molar-refractivity contribution in [3.8, 4) is 22.8 Å². The molecule has 2 aromatic carbocycles. The molecule has 0 bridgehead atoms. The first-order valence-electron chi connectivity index (χ1n) is 10.1. The molecule has 0 saturated carbocycles. The van der Waals surface area contributed by atoms with Gasteiger partial charge in [0.15, 0.2) is 17.4 Å². The van der Waals surface area contributed by atoms with Crippen LogP contribution in [0.4, 0.5) is 8.78 Å². The van der Waals surface area contributed by atoms with Gasteiger partial charge in [0.1, 0.15) is 23.9 Å². The van der Waals surface area contributed by atoms with E-state index < -0.39 is 11.6 Å². The van der Waals surface area contributed by atoms with Gasteiger partial charge in [-0.15, -0.1) is 0 Å². The molecule has 0 aliphatic carbocycles. The molecule has 0 unspecified atom stereocenters. The number of hydrogen-bond acceptors (Lipinski definition) is 6. The Morgan fingerprint density at radius 3 is 2.58 bits per heavy atom. The summed E-state index contributed by atoms with van der Waals surface area (Å²) < 4.78 is 38.5. The molecule has 0 aliphatic rings. The van der Waals surface area contributed by atoms with Gasteiger partial charge in [-0.25, -0.2) is 18.6 Å². The number of halogens is 2. The summed E-state index contributed by atoms with van der Waals surface area (Å²) in [6.45, 7) is 4.96. The lowest BCUT2D eigenvalue weighted by Gasteiger charge is -2.15. The summed E-state index contributed by atoms with van der Waals surface area (Å²) in [4.78, 5) is 17.9. The van der Waals surface area contributed by atoms with Crippen LogP contribution >= 0.6 is 0 Å². The van der Waals surface area contributed by atoms with E-state index in [0.717, 1.165) is 11.1 Å². The number of aromatic hydroxyl groups is 1. The third-order valence-electron chi connectivity index (χ3n) is 5.39. The number of ether oxygens (including phenoxy) is 1. The van der Waals surface area contributed by atoms with Gasteiger partial charge in [-0.1, -0.05) is 5.16 Å². The van der Waals surface area contributed by atoms with Gasteiger partial charge >= 0.3 is 5.76 Å². The van der Waals surface area contributed by atoms with Crippen LogP contribution < -0.4 is 10.5 Å². The third kappa shape index (κ3) is 4.62. The van der Waals surface area contributed by atoms with Crippen LogP contribution in [0.1, 0.15) is 33.8 Å². The lowest BCUT2D eigenvalue weighted by atomic mass is 9.96. The average molecular weight is 453 g/mol. The highest BCUT2D eigenvalue weighted by Crippen LogP contribution is 2.32. The lowest BCUT2D eigenvalue weighted by molar-refractivity contribution is 0.271. The minimum absolute atomic E-state index is 0.0266. The summed E-state index contributed by atoms with van der Waals surface area (Å²) in [7, 11) is 0. The summed E-state index contributed by atoms with van der Waals surface area (Å²) in [5.74, 6) is -1.44. The largest absolute Gasteiger partial charge is 0.506 e. The van der Waals surface area contributed by atoms with Crippen LogP contribution in [0.15, 0.2) is 45.7 Å². The number of pyridine rings is 1. The number of hydrogen-bond donors (Lipinski definition) is 2. The molecule has 4 aromatic rings. The first kappa shape index (κ1) is 22.2. The predicted molar refractivity (Wildman–Crippen MR) is 116 cm³/mol. The number of rotatable bonds is 6. The molecule has 2 N–H and O–H groups in total. The van der Waals surface area contributed by atoms with Crippen molar-refractivity contribution in [3.05, 3.63) is 92.4 Å². The van der Waals surface area contributed by atoms with E-state index in [2.05, 4.69) is 19.6 Å². The number of nitrogens with one attached hydrogen (secondary N) is 1. The molecule has 0 saturated heterocycles. The SMILES string of the molecule is Cc1cc(-c2nc(Cc3c(C)cc(OCc4noc(=O)[nH]4)c(F)c3C)ccc2O)ccc1F. The van der Waals surface area contributed by atoms with Gasteiger partial charge in [0, 0.05) is 17.7 Å². The second-order valence-electron chi connectivity index (χ2n) is 7.75. The summed E-state index contributed by atoms with van der Waals surface area (Å²) in [5, 5.41) is 13.8. The first-order chi connectivity index (χ1) is 15.7. The first-order valence-corrected chi connectivity index (χ1v) is 10.1. The van der Waals surface area contributed by atoms with Gasteiger partial charge in [0.2, 0.25) is 0 Å². The molecule has 0 atom stereocenters. The maximum Gasteiger partial charge on any atom is 0.439 e. The topological polar surface area (TPSA) is 101 Å². The van der Waals surface area contributed by atoms with Crippen molar-refractivity contribution in [2.75, 3.05) is 0 Å². The number of aryl methyl sites for hydroxylation is 2. The maximum absolute atomic E-state index is 15.0. The number of aromatic nitrogens is 3. The molecular weight excluding hydrogens is 432 g/mol. The van der Waals surface area contributed by atoms with Crippen molar-refractivity contribution in [2.24, 2.45) is 0 Å². The Balaban J connectivity index is 1.61. The second kappa shape index (κ2) is 8.85. The quantitative estimate of drug-likeness (QED) is 0.446. The van der Waals surface area contributed by atoms with Crippen molar-refractivity contribution >= 4 is 0 Å². The standard InChI is InChI=1S/C24H21F2N3O4/c1-12-9-20(32-11-21-28-24(31)33-29-21)22(26)14(3)17(12)10-16-5-7-19(30)23(27-16)15-4-6-18(25)13(2)8-15/h4-9,30H,10-11H2,1-3H3,(H,28,29,31). The Bertz CT molecular complexity index is 1400. The van der Waals surface area contributed by atoms with E-state index in [-0.39, 0.29) is 29.7 Å². The minimum atomic E-state index is -0.714. The van der Waals surface area contributed by atoms with E-state index in [0.29, 0.717) is 34.5 Å². The molecule has 2 heterocycles. The lowest BCUT2D eigenvalue weighted by Crippen LogP contribution is -2.06. The zero-order valence-corrected chi connectivity index (χ0v) is 18.2. The highest BCUT2D eigenvalue weighted by molar-refractivity contribution is 5.66. The van der Waals surface area contributed by atoms with Crippen LogP contribution in [0.25, 0.3) is 11.3 Å². The Morgan fingerprint density at radius 1 is 1.09 bits per heavy atom. The van der Waals surface area contributed by atoms with Gasteiger partial charge in [0.25, 0.3) is 0 Å². The van der Waals surface area contributed by atoms with Crippen molar-refractivity contribution in [1.82, 2.24) is 15.1 Å². The molecule has 0 spiro atoms. The van der Waals surface area contributed by atoms with E-state index >= 15 is 4.39 Å². The van der Waals surface area contributed by atoms with Crippen molar-refractivity contribution in [1.29, 1.82) is 0 Å². The zero-order valence-electron chi connectivity index (χ0n) is 18.2. The monoisotopic (exact) mass is 453 g/mol. The molecule has 9 heteroatoms. The van der Waals surface area contributed by atoms with Gasteiger partial charge < -0.3 is 9.84 Å². The van der Waals surface area contributed by atoms with E-state index in [1.807, 2.05) is 6.92 Å². The Hall–Kier alpha value is -4.01. The highest BCUT2D eigenvalue weighted by atomic mass is 19.1. The summed E-state index contributed by atoms with van der Waals surface area (Å²) in [6.07, 6.45) is 0.318. The molecule has 170 valence electrons. The molecule has 0 aliphatic heterocycles. The van der Waals surface area contributed by atoms with E-state index in [1.54, 1.807) is 38.1 Å². The second-order valence-corrected chi connectivity index (χ2v) is 7.75. The van der Waals surface area contributed by atoms with Crippen molar-refractivity contribution in [3.63, 3.8) is 0 Å². The fourth-order valence-electron chi connectivity index (χ4n) is 3.58. The number of aromatic amines is 1. The maximum atomic E-state index is 15.0. The summed E-state index contributed by atoms with van der Waals surface area (Å²) in [6, 6.07) is 9.26. The highest BCUT2D eigenvalue weighted by Gasteiger charge is 2.17. The number of H-pyrrole nitrogens is 1. The van der Waals surface area contributed by atoms with Gasteiger partial charge in [-0.3, -0.25) is 9.51 Å². The average Bonchev–Trinajstić information content (AvgIpc) is 3.21. The number of nitrogens with zero attached hydrogens (tertiary/aromatic N) is 2. The fourth-order valence-corrected chi connectivity index (χ4v) is 3.58. The summed E-state index contributed by atoms with van der Waals surface area (Å²) in [5.41, 5.74) is 3.88. The van der Waals surface area contributed by atoms with Crippen LogP contribution in [0.5, 0.6) is 11.5 Å². The van der Waals surface area contributed by atoms with Crippen LogP contribution in [0, 0.1) is 32.4 Å². The van der Waals surface area contributed by atoms with Crippen molar-refractivity contribution in [2.45, 2.75) is 33.8 Å². The smallest absolute Gasteiger partial charge is 0.439 e. The number of benzene rings is 2. The predicted octanol–water partition coefficient (Wildman–Crippen LogP) is 4.50. The van der Waals surface area contributed by atoms with Crippen molar-refractivity contribution < 1.29 is 23.1 Å². The molecule has 33 heavy (non-hydrogen) atoms. The minimum Gasteiger partial charge on any atom is -0.506 e. The molecule has 0 fully saturated rings. The van der Waals surface area contributed by atoms with E-state index in [9.17, 15) is 14.3 Å². The molecule has 0 radical (unpaired) electrons. The Morgan fingerprint density at radius 2 is 1.88 bits per heavy atom. The molecule has 0 amide bonds. The zero-order chi connectivity index (χ0) is 23.7. The van der Waals surface area contributed by atoms with Crippen LogP contribution in [-0.2, 0) is 13.0 Å². The Labute approximate surface area is 187 Å².